The molecule has 2 aromatic rings. The molecule has 0 fully saturated rings. The Balaban J connectivity index is 1.51. The number of amides is 2. The summed E-state index contributed by atoms with van der Waals surface area (Å²) >= 11 is 0. The van der Waals surface area contributed by atoms with Crippen molar-refractivity contribution in [2.45, 2.75) is 37.8 Å². The van der Waals surface area contributed by atoms with E-state index < -0.39 is 5.92 Å². The average Bonchev–Trinajstić information content (AvgIpc) is 3.01. The van der Waals surface area contributed by atoms with Gasteiger partial charge in [0.1, 0.15) is 5.82 Å². The molecule has 118 valence electrons. The summed E-state index contributed by atoms with van der Waals surface area (Å²) in [5.41, 5.74) is 1.63. The molecule has 0 saturated carbocycles. The van der Waals surface area contributed by atoms with Crippen LogP contribution in [0.4, 0.5) is 5.69 Å². The number of nitrogens with one attached hydrogen (secondary N) is 2. The van der Waals surface area contributed by atoms with Crippen LogP contribution in [-0.2, 0) is 22.6 Å². The Morgan fingerprint density at radius 1 is 1.35 bits per heavy atom. The van der Waals surface area contributed by atoms with Crippen molar-refractivity contribution >= 4 is 17.5 Å². The molecule has 6 nitrogen and oxygen atoms in total. The van der Waals surface area contributed by atoms with E-state index in [0.29, 0.717) is 0 Å². The molecule has 1 aromatic carbocycles. The standard InChI is InChI=1S/C17H18N4O2/c22-16-9-13(12-3-1-2-4-14(12)20-16)17(23)19-11-5-6-15-18-7-8-21(15)10-11/h1-4,7-8,11,13H,5-6,9-10H2,(H,19,23)(H,20,22)/t11-,13-/m0/s1. The highest BCUT2D eigenvalue weighted by atomic mass is 16.2. The van der Waals surface area contributed by atoms with Crippen molar-refractivity contribution in [1.82, 2.24) is 14.9 Å². The zero-order chi connectivity index (χ0) is 15.8. The fourth-order valence-electron chi connectivity index (χ4n) is 3.43. The first-order valence-electron chi connectivity index (χ1n) is 7.90. The highest BCUT2D eigenvalue weighted by molar-refractivity contribution is 6.01. The van der Waals surface area contributed by atoms with Crippen molar-refractivity contribution in [1.29, 1.82) is 0 Å². The van der Waals surface area contributed by atoms with E-state index in [1.807, 2.05) is 30.5 Å². The van der Waals surface area contributed by atoms with Crippen molar-refractivity contribution < 1.29 is 9.59 Å². The van der Waals surface area contributed by atoms with E-state index in [-0.39, 0.29) is 24.3 Å². The minimum absolute atomic E-state index is 0.0686. The first-order valence-corrected chi connectivity index (χ1v) is 7.90. The van der Waals surface area contributed by atoms with E-state index in [0.717, 1.165) is 36.5 Å². The lowest BCUT2D eigenvalue weighted by molar-refractivity contribution is -0.127. The molecule has 0 saturated heterocycles. The highest BCUT2D eigenvalue weighted by Crippen LogP contribution is 2.32. The molecule has 3 heterocycles. The van der Waals surface area contributed by atoms with Crippen molar-refractivity contribution in [3.05, 3.63) is 48.0 Å². The number of carbonyl (C=O) groups excluding carboxylic acids is 2. The first kappa shape index (κ1) is 14.0. The van der Waals surface area contributed by atoms with Crippen molar-refractivity contribution in [2.75, 3.05) is 5.32 Å². The number of aromatic nitrogens is 2. The number of imidazole rings is 1. The van der Waals surface area contributed by atoms with Crippen LogP contribution >= 0.6 is 0 Å². The van der Waals surface area contributed by atoms with Gasteiger partial charge in [0, 0.05) is 43.5 Å². The molecule has 0 spiro atoms. The number of rotatable bonds is 2. The highest BCUT2D eigenvalue weighted by Gasteiger charge is 2.32. The van der Waals surface area contributed by atoms with Crippen LogP contribution in [0.5, 0.6) is 0 Å². The number of anilines is 1. The van der Waals surface area contributed by atoms with Crippen LogP contribution in [0.15, 0.2) is 36.7 Å². The number of nitrogens with zero attached hydrogens (tertiary/aromatic N) is 2. The van der Waals surface area contributed by atoms with Crippen LogP contribution in [0.2, 0.25) is 0 Å². The molecule has 23 heavy (non-hydrogen) atoms. The summed E-state index contributed by atoms with van der Waals surface area (Å²) in [6.07, 6.45) is 5.67. The molecule has 1 aromatic heterocycles. The van der Waals surface area contributed by atoms with Crippen LogP contribution in [0, 0.1) is 0 Å². The molecule has 4 rings (SSSR count). The fourth-order valence-corrected chi connectivity index (χ4v) is 3.43. The summed E-state index contributed by atoms with van der Waals surface area (Å²) in [4.78, 5) is 28.9. The number of fused-ring (bicyclic) bond motifs is 2. The quantitative estimate of drug-likeness (QED) is 0.881. The second-order valence-corrected chi connectivity index (χ2v) is 6.13. The van der Waals surface area contributed by atoms with Gasteiger partial charge >= 0.3 is 0 Å². The predicted molar refractivity (Wildman–Crippen MR) is 84.9 cm³/mol. The maximum atomic E-state index is 12.7. The molecular weight excluding hydrogens is 292 g/mol. The van der Waals surface area contributed by atoms with E-state index in [2.05, 4.69) is 20.2 Å². The molecule has 6 heteroatoms. The Bertz CT molecular complexity index is 767. The number of carbonyl (C=O) groups is 2. The Labute approximate surface area is 133 Å². The van der Waals surface area contributed by atoms with Crippen LogP contribution in [0.3, 0.4) is 0 Å². The lowest BCUT2D eigenvalue weighted by Crippen LogP contribution is -2.44. The second-order valence-electron chi connectivity index (χ2n) is 6.13. The monoisotopic (exact) mass is 310 g/mol. The molecule has 0 unspecified atom stereocenters. The van der Waals surface area contributed by atoms with E-state index >= 15 is 0 Å². The molecule has 0 aliphatic carbocycles. The predicted octanol–water partition coefficient (Wildman–Crippen LogP) is 1.44. The van der Waals surface area contributed by atoms with Crippen molar-refractivity contribution in [3.8, 4) is 0 Å². The Kier molecular flexibility index (Phi) is 3.37. The van der Waals surface area contributed by atoms with Gasteiger partial charge in [0.05, 0.1) is 5.92 Å². The van der Waals surface area contributed by atoms with Gasteiger partial charge in [-0.25, -0.2) is 4.98 Å². The fraction of sp³-hybridized carbons (Fsp3) is 0.353. The van der Waals surface area contributed by atoms with Crippen LogP contribution in [-0.4, -0.2) is 27.4 Å². The lowest BCUT2D eigenvalue weighted by atomic mass is 9.89. The van der Waals surface area contributed by atoms with Gasteiger partial charge in [0.15, 0.2) is 0 Å². The average molecular weight is 310 g/mol. The third kappa shape index (κ3) is 2.60. The summed E-state index contributed by atoms with van der Waals surface area (Å²) < 4.78 is 2.08. The normalized spacial score (nSPS) is 22.7. The SMILES string of the molecule is O=C1C[C@H](C(=O)N[C@H]2CCc3nccn3C2)c2ccccc2N1. The van der Waals surface area contributed by atoms with Gasteiger partial charge in [-0.1, -0.05) is 18.2 Å². The van der Waals surface area contributed by atoms with Gasteiger partial charge in [0.2, 0.25) is 11.8 Å². The van der Waals surface area contributed by atoms with Crippen LogP contribution in [0.1, 0.15) is 30.1 Å². The molecule has 2 atom stereocenters. The number of aryl methyl sites for hydroxylation is 1. The summed E-state index contributed by atoms with van der Waals surface area (Å²) in [6.45, 7) is 0.738. The van der Waals surface area contributed by atoms with E-state index in [1.165, 1.54) is 0 Å². The minimum atomic E-state index is -0.413. The van der Waals surface area contributed by atoms with Crippen molar-refractivity contribution in [2.24, 2.45) is 0 Å². The zero-order valence-corrected chi connectivity index (χ0v) is 12.7. The van der Waals surface area contributed by atoms with Gasteiger partial charge in [-0.05, 0) is 18.1 Å². The summed E-state index contributed by atoms with van der Waals surface area (Å²) in [5, 5.41) is 5.94. The van der Waals surface area contributed by atoms with Gasteiger partial charge in [-0.15, -0.1) is 0 Å². The van der Waals surface area contributed by atoms with Gasteiger partial charge in [0.25, 0.3) is 0 Å². The molecule has 2 N–H and O–H groups in total. The molecule has 2 aliphatic rings. The lowest BCUT2D eigenvalue weighted by Gasteiger charge is -2.29. The van der Waals surface area contributed by atoms with E-state index in [4.69, 9.17) is 0 Å². The second kappa shape index (κ2) is 5.53. The molecule has 0 radical (unpaired) electrons. The van der Waals surface area contributed by atoms with E-state index in [1.54, 1.807) is 6.20 Å². The molecule has 0 bridgehead atoms. The molecule has 2 aliphatic heterocycles. The van der Waals surface area contributed by atoms with Crippen LogP contribution < -0.4 is 10.6 Å². The number of hydrogen-bond acceptors (Lipinski definition) is 3. The Morgan fingerprint density at radius 3 is 3.13 bits per heavy atom. The molecular formula is C17H18N4O2. The number of hydrogen-bond donors (Lipinski definition) is 2. The van der Waals surface area contributed by atoms with Gasteiger partial charge < -0.3 is 15.2 Å². The Morgan fingerprint density at radius 2 is 2.22 bits per heavy atom. The number of para-hydroxylation sites is 1. The van der Waals surface area contributed by atoms with Crippen LogP contribution in [0.25, 0.3) is 0 Å². The minimum Gasteiger partial charge on any atom is -0.351 e. The van der Waals surface area contributed by atoms with Gasteiger partial charge in [-0.3, -0.25) is 9.59 Å². The van der Waals surface area contributed by atoms with E-state index in [9.17, 15) is 9.59 Å². The Hall–Kier alpha value is -2.63. The third-order valence-corrected chi connectivity index (χ3v) is 4.60. The van der Waals surface area contributed by atoms with Gasteiger partial charge in [-0.2, -0.15) is 0 Å². The first-order chi connectivity index (χ1) is 11.2. The third-order valence-electron chi connectivity index (χ3n) is 4.60. The summed E-state index contributed by atoms with van der Waals surface area (Å²) in [6, 6.07) is 7.59. The smallest absolute Gasteiger partial charge is 0.228 e. The largest absolute Gasteiger partial charge is 0.351 e. The summed E-state index contributed by atoms with van der Waals surface area (Å²) in [7, 11) is 0. The topological polar surface area (TPSA) is 76.0 Å². The molecule has 2 amide bonds. The van der Waals surface area contributed by atoms with Crippen molar-refractivity contribution in [3.63, 3.8) is 0 Å². The maximum absolute atomic E-state index is 12.7. The maximum Gasteiger partial charge on any atom is 0.228 e. The number of benzene rings is 1. The summed E-state index contributed by atoms with van der Waals surface area (Å²) in [5.74, 6) is 0.479. The zero-order valence-electron chi connectivity index (χ0n) is 12.7.